The fraction of sp³-hybridized carbons (Fsp3) is 0.381. The third-order valence-corrected chi connectivity index (χ3v) is 4.02. The number of benzene rings is 1. The van der Waals surface area contributed by atoms with E-state index in [1.807, 2.05) is 42.6 Å². The maximum atomic E-state index is 8.84. The van der Waals surface area contributed by atoms with Crippen molar-refractivity contribution in [3.8, 4) is 17.7 Å². The van der Waals surface area contributed by atoms with Crippen molar-refractivity contribution >= 4 is 11.6 Å². The van der Waals surface area contributed by atoms with Crippen LogP contribution in [0.15, 0.2) is 53.8 Å². The Hall–Kier alpha value is -3.27. The van der Waals surface area contributed by atoms with E-state index in [2.05, 4.69) is 20.6 Å². The van der Waals surface area contributed by atoms with Crippen molar-refractivity contribution in [2.75, 3.05) is 25.6 Å². The van der Waals surface area contributed by atoms with E-state index in [9.17, 15) is 0 Å². The van der Waals surface area contributed by atoms with Crippen molar-refractivity contribution in [2.24, 2.45) is 4.99 Å². The monoisotopic (exact) mass is 381 g/mol. The first kappa shape index (κ1) is 21.0. The molecule has 0 bridgehead atoms. The number of ether oxygens (including phenoxy) is 2. The minimum Gasteiger partial charge on any atom is -0.493 e. The minimum atomic E-state index is 0.457. The molecule has 0 aliphatic carbocycles. The van der Waals surface area contributed by atoms with Crippen LogP contribution in [0.5, 0.6) is 11.5 Å². The lowest BCUT2D eigenvalue weighted by molar-refractivity contribution is 0.285. The number of rotatable bonds is 11. The molecule has 1 aromatic carbocycles. The summed E-state index contributed by atoms with van der Waals surface area (Å²) in [4.78, 5) is 8.38. The normalized spacial score (nSPS) is 10.8. The van der Waals surface area contributed by atoms with E-state index in [1.165, 1.54) is 0 Å². The van der Waals surface area contributed by atoms with Gasteiger partial charge in [-0.2, -0.15) is 5.26 Å². The Morgan fingerprint density at radius 3 is 2.50 bits per heavy atom. The van der Waals surface area contributed by atoms with Crippen LogP contribution in [0.1, 0.15) is 32.1 Å². The fourth-order valence-corrected chi connectivity index (χ4v) is 2.59. The predicted octanol–water partition coefficient (Wildman–Crippen LogP) is 3.96. The van der Waals surface area contributed by atoms with Crippen molar-refractivity contribution in [2.45, 2.75) is 32.1 Å². The van der Waals surface area contributed by atoms with Crippen LogP contribution in [0.4, 0.5) is 5.69 Å². The lowest BCUT2D eigenvalue weighted by Gasteiger charge is -2.10. The van der Waals surface area contributed by atoms with E-state index >= 15 is 0 Å². The van der Waals surface area contributed by atoms with Gasteiger partial charge in [-0.1, -0.05) is 31.4 Å². The Kier molecular flexibility index (Phi) is 9.75. The number of para-hydroxylation sites is 2. The van der Waals surface area contributed by atoms with Gasteiger partial charge in [-0.15, -0.1) is 0 Å². The van der Waals surface area contributed by atoms with Crippen molar-refractivity contribution in [3.63, 3.8) is 0 Å². The molecule has 2 N–H and O–H groups in total. The second-order valence-corrected chi connectivity index (χ2v) is 6.10. The van der Waals surface area contributed by atoms with Gasteiger partial charge < -0.3 is 14.8 Å². The van der Waals surface area contributed by atoms with Crippen LogP contribution < -0.4 is 20.1 Å². The predicted molar refractivity (Wildman–Crippen MR) is 110 cm³/mol. The number of nitriles is 1. The second kappa shape index (κ2) is 13.0. The van der Waals surface area contributed by atoms with Crippen molar-refractivity contribution in [3.05, 3.63) is 48.8 Å². The maximum absolute atomic E-state index is 8.84. The Morgan fingerprint density at radius 2 is 1.75 bits per heavy atom. The molecule has 2 aromatic rings. The molecule has 0 amide bonds. The van der Waals surface area contributed by atoms with E-state index in [0.717, 1.165) is 49.3 Å². The van der Waals surface area contributed by atoms with Crippen LogP contribution in [0.3, 0.4) is 0 Å². The highest BCUT2D eigenvalue weighted by atomic mass is 16.5. The second-order valence-electron chi connectivity index (χ2n) is 6.10. The van der Waals surface area contributed by atoms with Crippen LogP contribution in [-0.4, -0.2) is 31.2 Å². The number of guanidine groups is 1. The zero-order valence-electron chi connectivity index (χ0n) is 16.2. The largest absolute Gasteiger partial charge is 0.493 e. The molecule has 0 saturated carbocycles. The van der Waals surface area contributed by atoms with Gasteiger partial charge >= 0.3 is 0 Å². The number of anilines is 1. The van der Waals surface area contributed by atoms with Gasteiger partial charge in [0.2, 0.25) is 5.96 Å². The van der Waals surface area contributed by atoms with Gasteiger partial charge in [0.25, 0.3) is 0 Å². The first-order valence-corrected chi connectivity index (χ1v) is 9.46. The standard InChI is InChI=1S/C21H27N5O2/c1-27-19-9-5-6-10-20(19)28-16-8-4-2-3-7-13-24-21(25-17-22)26-18-11-14-23-15-12-18/h5-6,9-12,14-15H,2-4,7-8,13,16H2,1H3,(H2,23,24,25,26). The molecule has 0 radical (unpaired) electrons. The highest BCUT2D eigenvalue weighted by Crippen LogP contribution is 2.25. The quantitative estimate of drug-likeness (QED) is 0.201. The molecule has 0 aliphatic heterocycles. The summed E-state index contributed by atoms with van der Waals surface area (Å²) in [5.74, 6) is 2.01. The molecule has 0 fully saturated rings. The lowest BCUT2D eigenvalue weighted by Crippen LogP contribution is -2.27. The Morgan fingerprint density at radius 1 is 1.04 bits per heavy atom. The summed E-state index contributed by atoms with van der Waals surface area (Å²) in [7, 11) is 1.65. The first-order chi connectivity index (χ1) is 13.8. The molecule has 7 nitrogen and oxygen atoms in total. The van der Waals surface area contributed by atoms with Gasteiger partial charge in [-0.3, -0.25) is 15.3 Å². The summed E-state index contributed by atoms with van der Waals surface area (Å²) in [5, 5.41) is 14.5. The number of nitrogens with zero attached hydrogens (tertiary/aromatic N) is 3. The molecule has 0 spiro atoms. The van der Waals surface area contributed by atoms with E-state index in [1.54, 1.807) is 19.5 Å². The van der Waals surface area contributed by atoms with E-state index < -0.39 is 0 Å². The minimum absolute atomic E-state index is 0.457. The summed E-state index contributed by atoms with van der Waals surface area (Å²) in [6.07, 6.45) is 10.6. The smallest absolute Gasteiger partial charge is 0.209 e. The molecule has 0 aliphatic rings. The lowest BCUT2D eigenvalue weighted by atomic mass is 10.1. The highest BCUT2D eigenvalue weighted by Gasteiger charge is 2.02. The summed E-state index contributed by atoms with van der Waals surface area (Å²) >= 11 is 0. The van der Waals surface area contributed by atoms with Crippen molar-refractivity contribution in [1.82, 2.24) is 10.3 Å². The third-order valence-electron chi connectivity index (χ3n) is 4.02. The zero-order valence-corrected chi connectivity index (χ0v) is 16.2. The number of unbranched alkanes of at least 4 members (excludes halogenated alkanes) is 4. The van der Waals surface area contributed by atoms with Gasteiger partial charge in [-0.25, -0.2) is 0 Å². The van der Waals surface area contributed by atoms with Gasteiger partial charge in [0, 0.05) is 24.6 Å². The van der Waals surface area contributed by atoms with Crippen molar-refractivity contribution < 1.29 is 9.47 Å². The summed E-state index contributed by atoms with van der Waals surface area (Å²) < 4.78 is 11.0. The molecular weight excluding hydrogens is 354 g/mol. The van der Waals surface area contributed by atoms with E-state index in [4.69, 9.17) is 14.7 Å². The average Bonchev–Trinajstić information content (AvgIpc) is 2.73. The average molecular weight is 381 g/mol. The van der Waals surface area contributed by atoms with Gasteiger partial charge in [0.05, 0.1) is 13.7 Å². The number of aliphatic imine (C=N–C) groups is 1. The van der Waals surface area contributed by atoms with Crippen LogP contribution >= 0.6 is 0 Å². The number of nitrogens with one attached hydrogen (secondary N) is 2. The maximum Gasteiger partial charge on any atom is 0.209 e. The molecule has 28 heavy (non-hydrogen) atoms. The van der Waals surface area contributed by atoms with Crippen molar-refractivity contribution in [1.29, 1.82) is 5.26 Å². The topological polar surface area (TPSA) is 91.6 Å². The first-order valence-electron chi connectivity index (χ1n) is 9.46. The number of hydrogen-bond donors (Lipinski definition) is 2. The number of pyridine rings is 1. The molecular formula is C21H27N5O2. The molecule has 7 heteroatoms. The van der Waals surface area contributed by atoms with Gasteiger partial charge in [0.1, 0.15) is 0 Å². The summed E-state index contributed by atoms with van der Waals surface area (Å²) in [5.41, 5.74) is 0.839. The van der Waals surface area contributed by atoms with Crippen LogP contribution in [0.2, 0.25) is 0 Å². The fourth-order valence-electron chi connectivity index (χ4n) is 2.59. The summed E-state index contributed by atoms with van der Waals surface area (Å²) in [6, 6.07) is 11.3. The number of hydrogen-bond acceptors (Lipinski definition) is 5. The highest BCUT2D eigenvalue weighted by molar-refractivity contribution is 5.94. The molecule has 1 heterocycles. The SMILES string of the molecule is COc1ccccc1OCCCCCCCN=C(NC#N)Nc1ccncc1. The molecule has 2 rings (SSSR count). The molecule has 1 aromatic heterocycles. The van der Waals surface area contributed by atoms with Crippen LogP contribution in [-0.2, 0) is 0 Å². The third kappa shape index (κ3) is 7.96. The van der Waals surface area contributed by atoms with Gasteiger partial charge in [-0.05, 0) is 37.1 Å². The molecule has 0 saturated heterocycles. The Bertz CT molecular complexity index is 759. The Labute approximate surface area is 166 Å². The Balaban J connectivity index is 1.57. The van der Waals surface area contributed by atoms with Crippen LogP contribution in [0, 0.1) is 11.5 Å². The molecule has 0 atom stereocenters. The molecule has 148 valence electrons. The van der Waals surface area contributed by atoms with Gasteiger partial charge in [0.15, 0.2) is 17.7 Å². The van der Waals surface area contributed by atoms with E-state index in [0.29, 0.717) is 19.1 Å². The summed E-state index contributed by atoms with van der Waals surface area (Å²) in [6.45, 7) is 1.35. The van der Waals surface area contributed by atoms with Crippen LogP contribution in [0.25, 0.3) is 0 Å². The van der Waals surface area contributed by atoms with E-state index in [-0.39, 0.29) is 0 Å². The number of methoxy groups -OCH3 is 1. The molecule has 0 unspecified atom stereocenters. The zero-order chi connectivity index (χ0) is 19.9. The number of aromatic nitrogens is 1.